The number of hydrogen-bond donors (Lipinski definition) is 1. The topological polar surface area (TPSA) is 49.6 Å². The third kappa shape index (κ3) is 2.25. The lowest BCUT2D eigenvalue weighted by molar-refractivity contribution is -0.136. The molecule has 0 aliphatic carbocycles. The summed E-state index contributed by atoms with van der Waals surface area (Å²) in [6.07, 6.45) is 0. The Morgan fingerprint density at radius 2 is 2.00 bits per heavy atom. The number of piperazine rings is 1. The molecule has 1 fully saturated rings. The Morgan fingerprint density at radius 1 is 1.43 bits per heavy atom. The van der Waals surface area contributed by atoms with Gasteiger partial charge in [-0.05, 0) is 27.8 Å². The molecule has 0 aromatic carbocycles. The highest BCUT2D eigenvalue weighted by atomic mass is 16.2. The normalized spacial score (nSPS) is 24.8. The van der Waals surface area contributed by atoms with Crippen molar-refractivity contribution in [3.05, 3.63) is 0 Å². The van der Waals surface area contributed by atoms with E-state index < -0.39 is 0 Å². The van der Waals surface area contributed by atoms with E-state index in [0.29, 0.717) is 0 Å². The van der Waals surface area contributed by atoms with Gasteiger partial charge in [0.25, 0.3) is 0 Å². The highest BCUT2D eigenvalue weighted by Crippen LogP contribution is 2.18. The van der Waals surface area contributed by atoms with Crippen LogP contribution in [-0.4, -0.2) is 54.0 Å². The lowest BCUT2D eigenvalue weighted by Crippen LogP contribution is -2.60. The van der Waals surface area contributed by atoms with Crippen molar-refractivity contribution in [3.63, 3.8) is 0 Å². The molecule has 14 heavy (non-hydrogen) atoms. The predicted octanol–water partition coefficient (Wildman–Crippen LogP) is -0.114. The van der Waals surface area contributed by atoms with E-state index in [1.807, 2.05) is 4.90 Å². The number of amides is 1. The zero-order chi connectivity index (χ0) is 10.9. The summed E-state index contributed by atoms with van der Waals surface area (Å²) in [5.74, 6) is 0.0613. The van der Waals surface area contributed by atoms with Crippen LogP contribution in [0.2, 0.25) is 0 Å². The second kappa shape index (κ2) is 3.87. The van der Waals surface area contributed by atoms with Gasteiger partial charge in [-0.1, -0.05) is 0 Å². The van der Waals surface area contributed by atoms with E-state index in [9.17, 15) is 4.79 Å². The van der Waals surface area contributed by atoms with Gasteiger partial charge >= 0.3 is 0 Å². The summed E-state index contributed by atoms with van der Waals surface area (Å²) in [6.45, 7) is 8.52. The molecule has 82 valence electrons. The van der Waals surface area contributed by atoms with E-state index in [2.05, 4.69) is 25.8 Å². The second-order valence-electron chi connectivity index (χ2n) is 4.78. The molecule has 1 saturated heterocycles. The summed E-state index contributed by atoms with van der Waals surface area (Å²) < 4.78 is 0. The molecular formula is C10H21N3O. The maximum absolute atomic E-state index is 11.7. The van der Waals surface area contributed by atoms with Gasteiger partial charge in [-0.25, -0.2) is 0 Å². The maximum atomic E-state index is 11.7. The van der Waals surface area contributed by atoms with Gasteiger partial charge in [-0.3, -0.25) is 9.69 Å². The van der Waals surface area contributed by atoms with Gasteiger partial charge in [0.05, 0.1) is 6.04 Å². The Labute approximate surface area is 86.0 Å². The fourth-order valence-electron chi connectivity index (χ4n) is 1.72. The van der Waals surface area contributed by atoms with Crippen molar-refractivity contribution in [2.75, 3.05) is 26.7 Å². The van der Waals surface area contributed by atoms with E-state index in [1.54, 1.807) is 6.92 Å². The largest absolute Gasteiger partial charge is 0.338 e. The Balaban J connectivity index is 2.64. The summed E-state index contributed by atoms with van der Waals surface area (Å²) in [7, 11) is 2.09. The first-order valence-corrected chi connectivity index (χ1v) is 5.10. The summed E-state index contributed by atoms with van der Waals surface area (Å²) in [6, 6.07) is -0.380. The van der Waals surface area contributed by atoms with Gasteiger partial charge < -0.3 is 10.6 Å². The van der Waals surface area contributed by atoms with Crippen LogP contribution < -0.4 is 5.73 Å². The molecular weight excluding hydrogens is 178 g/mol. The molecule has 1 unspecified atom stereocenters. The lowest BCUT2D eigenvalue weighted by Gasteiger charge is -2.45. The molecule has 1 rings (SSSR count). The molecule has 1 amide bonds. The molecule has 1 atom stereocenters. The van der Waals surface area contributed by atoms with E-state index >= 15 is 0 Å². The van der Waals surface area contributed by atoms with E-state index in [0.717, 1.165) is 19.6 Å². The number of carbonyl (C=O) groups excluding carboxylic acids is 1. The van der Waals surface area contributed by atoms with Gasteiger partial charge in [-0.2, -0.15) is 0 Å². The van der Waals surface area contributed by atoms with Crippen molar-refractivity contribution < 1.29 is 4.79 Å². The zero-order valence-corrected chi connectivity index (χ0v) is 9.58. The number of hydrogen-bond acceptors (Lipinski definition) is 3. The van der Waals surface area contributed by atoms with Crippen LogP contribution in [0.3, 0.4) is 0 Å². The summed E-state index contributed by atoms with van der Waals surface area (Å²) in [5.41, 5.74) is 5.64. The minimum Gasteiger partial charge on any atom is -0.338 e. The van der Waals surface area contributed by atoms with Crippen molar-refractivity contribution in [1.82, 2.24) is 9.80 Å². The quantitative estimate of drug-likeness (QED) is 0.641. The third-order valence-electron chi connectivity index (χ3n) is 3.02. The van der Waals surface area contributed by atoms with Crippen LogP contribution in [0.25, 0.3) is 0 Å². The number of rotatable bonds is 1. The summed E-state index contributed by atoms with van der Waals surface area (Å²) in [5, 5.41) is 0. The van der Waals surface area contributed by atoms with Crippen LogP contribution in [0.15, 0.2) is 0 Å². The van der Waals surface area contributed by atoms with Crippen molar-refractivity contribution in [3.8, 4) is 0 Å². The van der Waals surface area contributed by atoms with E-state index in [1.165, 1.54) is 0 Å². The maximum Gasteiger partial charge on any atom is 0.239 e. The van der Waals surface area contributed by atoms with Crippen molar-refractivity contribution in [2.24, 2.45) is 5.73 Å². The Kier molecular flexibility index (Phi) is 3.17. The fraction of sp³-hybridized carbons (Fsp3) is 0.900. The Hall–Kier alpha value is -0.610. The zero-order valence-electron chi connectivity index (χ0n) is 9.58. The smallest absolute Gasteiger partial charge is 0.239 e. The average molecular weight is 199 g/mol. The van der Waals surface area contributed by atoms with Crippen LogP contribution in [0.1, 0.15) is 20.8 Å². The van der Waals surface area contributed by atoms with Crippen LogP contribution in [0, 0.1) is 0 Å². The van der Waals surface area contributed by atoms with Gasteiger partial charge in [0.2, 0.25) is 5.91 Å². The van der Waals surface area contributed by atoms with Crippen molar-refractivity contribution in [2.45, 2.75) is 32.4 Å². The fourth-order valence-corrected chi connectivity index (χ4v) is 1.72. The number of nitrogens with two attached hydrogens (primary N) is 1. The van der Waals surface area contributed by atoms with Gasteiger partial charge in [0, 0.05) is 25.2 Å². The minimum atomic E-state index is -0.380. The molecule has 0 aromatic rings. The SMILES string of the molecule is CC(N)C(=O)N1CCN(C)C(C)(C)C1. The Bertz CT molecular complexity index is 225. The molecule has 4 nitrogen and oxygen atoms in total. The monoisotopic (exact) mass is 199 g/mol. The Morgan fingerprint density at radius 3 is 2.43 bits per heavy atom. The predicted molar refractivity (Wildman–Crippen MR) is 56.9 cm³/mol. The van der Waals surface area contributed by atoms with Crippen LogP contribution in [0.4, 0.5) is 0 Å². The molecule has 1 heterocycles. The van der Waals surface area contributed by atoms with Gasteiger partial charge in [0.1, 0.15) is 0 Å². The number of nitrogens with zero attached hydrogens (tertiary/aromatic N) is 2. The second-order valence-corrected chi connectivity index (χ2v) is 4.78. The first-order chi connectivity index (χ1) is 6.34. The van der Waals surface area contributed by atoms with E-state index in [-0.39, 0.29) is 17.5 Å². The first kappa shape index (κ1) is 11.5. The highest BCUT2D eigenvalue weighted by Gasteiger charge is 2.33. The standard InChI is InChI=1S/C10H21N3O/c1-8(11)9(14)13-6-5-12(4)10(2,3)7-13/h8H,5-7,11H2,1-4H3. The first-order valence-electron chi connectivity index (χ1n) is 5.10. The molecule has 4 heteroatoms. The molecule has 0 spiro atoms. The van der Waals surface area contributed by atoms with Gasteiger partial charge in [0.15, 0.2) is 0 Å². The third-order valence-corrected chi connectivity index (χ3v) is 3.02. The van der Waals surface area contributed by atoms with Crippen LogP contribution in [-0.2, 0) is 4.79 Å². The van der Waals surface area contributed by atoms with Crippen molar-refractivity contribution >= 4 is 5.91 Å². The van der Waals surface area contributed by atoms with Crippen molar-refractivity contribution in [1.29, 1.82) is 0 Å². The molecule has 0 radical (unpaired) electrons. The molecule has 0 aromatic heterocycles. The van der Waals surface area contributed by atoms with Crippen LogP contribution in [0.5, 0.6) is 0 Å². The van der Waals surface area contributed by atoms with E-state index in [4.69, 9.17) is 5.73 Å². The van der Waals surface area contributed by atoms with Gasteiger partial charge in [-0.15, -0.1) is 0 Å². The van der Waals surface area contributed by atoms with Crippen LogP contribution >= 0.6 is 0 Å². The highest BCUT2D eigenvalue weighted by molar-refractivity contribution is 5.81. The molecule has 1 aliphatic heterocycles. The molecule has 1 aliphatic rings. The number of likely N-dealkylation sites (N-methyl/N-ethyl adjacent to an activating group) is 1. The molecule has 0 saturated carbocycles. The number of carbonyl (C=O) groups is 1. The summed E-state index contributed by atoms with van der Waals surface area (Å²) in [4.78, 5) is 15.8. The molecule has 0 bridgehead atoms. The minimum absolute atomic E-state index is 0.0583. The molecule has 2 N–H and O–H groups in total. The summed E-state index contributed by atoms with van der Waals surface area (Å²) >= 11 is 0. The lowest BCUT2D eigenvalue weighted by atomic mass is 9.99. The average Bonchev–Trinajstić information content (AvgIpc) is 2.08.